The lowest BCUT2D eigenvalue weighted by Crippen LogP contribution is -2.23. The van der Waals surface area contributed by atoms with Crippen LogP contribution in [0.2, 0.25) is 0 Å². The highest BCUT2D eigenvalue weighted by Crippen LogP contribution is 2.20. The molecule has 0 saturated heterocycles. The first-order valence-electron chi connectivity index (χ1n) is 5.42. The van der Waals surface area contributed by atoms with Gasteiger partial charge in [-0.1, -0.05) is 30.4 Å². The van der Waals surface area contributed by atoms with E-state index < -0.39 is 0 Å². The normalized spacial score (nSPS) is 11.1. The Morgan fingerprint density at radius 3 is 3.00 bits per heavy atom. The zero-order valence-corrected chi connectivity index (χ0v) is 9.35. The molecule has 0 saturated carbocycles. The molecule has 0 atom stereocenters. The fraction of sp³-hybridized carbons (Fsp3) is 0.154. The zero-order valence-electron chi connectivity index (χ0n) is 9.35. The molecule has 0 spiro atoms. The van der Waals surface area contributed by atoms with Crippen molar-refractivity contribution >= 4 is 16.9 Å². The van der Waals surface area contributed by atoms with E-state index in [1.54, 1.807) is 6.08 Å². The predicted molar refractivity (Wildman–Crippen MR) is 66.7 cm³/mol. The van der Waals surface area contributed by atoms with Crippen LogP contribution >= 0.6 is 0 Å². The number of carbonyl (C=O) groups excluding carboxylic acids is 1. The average Bonchev–Trinajstić information content (AvgIpc) is 2.78. The minimum Gasteiger partial charge on any atom is -0.463 e. The Morgan fingerprint density at radius 2 is 2.18 bits per heavy atom. The van der Waals surface area contributed by atoms with Crippen LogP contribution in [-0.4, -0.2) is 19.0 Å². The third-order valence-corrected chi connectivity index (χ3v) is 2.41. The van der Waals surface area contributed by atoms with Gasteiger partial charge in [-0.05, 0) is 6.07 Å². The lowest BCUT2D eigenvalue weighted by Gasteiger charge is -1.99. The van der Waals surface area contributed by atoms with Crippen molar-refractivity contribution in [1.82, 2.24) is 5.32 Å². The summed E-state index contributed by atoms with van der Waals surface area (Å²) in [6.45, 7) is 0.944. The first kappa shape index (κ1) is 11.4. The van der Waals surface area contributed by atoms with Gasteiger partial charge in [-0.2, -0.15) is 0 Å². The number of amides is 1. The highest BCUT2D eigenvalue weighted by atomic mass is 16.3. The molecule has 1 heterocycles. The third kappa shape index (κ3) is 2.54. The van der Waals surface area contributed by atoms with Gasteiger partial charge in [0.2, 0.25) is 0 Å². The lowest BCUT2D eigenvalue weighted by atomic mass is 10.1. The monoisotopic (exact) mass is 230 g/mol. The Kier molecular flexibility index (Phi) is 3.57. The number of fused-ring (bicyclic) bond motifs is 1. The van der Waals surface area contributed by atoms with Gasteiger partial charge >= 0.3 is 0 Å². The van der Waals surface area contributed by atoms with Crippen molar-refractivity contribution in [2.45, 2.75) is 0 Å². The second-order valence-electron chi connectivity index (χ2n) is 3.56. The number of hydrogen-bond donors (Lipinski definition) is 2. The van der Waals surface area contributed by atoms with Gasteiger partial charge in [0.1, 0.15) is 11.8 Å². The van der Waals surface area contributed by atoms with Gasteiger partial charge in [-0.3, -0.25) is 4.79 Å². The quantitative estimate of drug-likeness (QED) is 0.785. The molecule has 3 N–H and O–H groups in total. The molecule has 0 bridgehead atoms. The number of carbonyl (C=O) groups is 1. The van der Waals surface area contributed by atoms with E-state index in [9.17, 15) is 4.79 Å². The largest absolute Gasteiger partial charge is 0.463 e. The maximum Gasteiger partial charge on any atom is 0.255 e. The summed E-state index contributed by atoms with van der Waals surface area (Å²) in [4.78, 5) is 11.8. The number of furan rings is 1. The van der Waals surface area contributed by atoms with Crippen molar-refractivity contribution in [2.75, 3.05) is 13.1 Å². The molecular formula is C13H14N2O2. The molecule has 2 aromatic rings. The Balaban J connectivity index is 2.11. The van der Waals surface area contributed by atoms with E-state index in [-0.39, 0.29) is 5.91 Å². The van der Waals surface area contributed by atoms with Crippen molar-refractivity contribution < 1.29 is 9.21 Å². The first-order chi connectivity index (χ1) is 8.33. The van der Waals surface area contributed by atoms with Gasteiger partial charge in [0.25, 0.3) is 5.91 Å². The Bertz CT molecular complexity index is 543. The summed E-state index contributed by atoms with van der Waals surface area (Å²) < 4.78 is 5.30. The van der Waals surface area contributed by atoms with Crippen LogP contribution in [0.25, 0.3) is 11.0 Å². The zero-order chi connectivity index (χ0) is 12.1. The van der Waals surface area contributed by atoms with Gasteiger partial charge in [-0.25, -0.2) is 0 Å². The molecule has 1 amide bonds. The number of rotatable bonds is 4. The SMILES string of the molecule is NC/C=C/CNC(=O)c1coc2ccccc12. The molecule has 2 rings (SSSR count). The van der Waals surface area contributed by atoms with Gasteiger partial charge in [0.15, 0.2) is 0 Å². The van der Waals surface area contributed by atoms with E-state index in [1.165, 1.54) is 6.26 Å². The number of benzene rings is 1. The van der Waals surface area contributed by atoms with Crippen molar-refractivity contribution in [2.24, 2.45) is 5.73 Å². The summed E-state index contributed by atoms with van der Waals surface area (Å²) in [5.74, 6) is -0.142. The van der Waals surface area contributed by atoms with Crippen LogP contribution in [0.4, 0.5) is 0 Å². The second kappa shape index (κ2) is 5.32. The molecular weight excluding hydrogens is 216 g/mol. The van der Waals surface area contributed by atoms with Crippen LogP contribution in [0, 0.1) is 0 Å². The number of para-hydroxylation sites is 1. The highest BCUT2D eigenvalue weighted by Gasteiger charge is 2.11. The van der Waals surface area contributed by atoms with Gasteiger partial charge < -0.3 is 15.5 Å². The van der Waals surface area contributed by atoms with E-state index in [0.717, 1.165) is 11.0 Å². The van der Waals surface area contributed by atoms with E-state index in [0.29, 0.717) is 18.7 Å². The van der Waals surface area contributed by atoms with Crippen LogP contribution in [0.3, 0.4) is 0 Å². The average molecular weight is 230 g/mol. The molecule has 0 aliphatic rings. The topological polar surface area (TPSA) is 68.3 Å². The van der Waals surface area contributed by atoms with Crippen LogP contribution < -0.4 is 11.1 Å². The van der Waals surface area contributed by atoms with Gasteiger partial charge in [0, 0.05) is 18.5 Å². The third-order valence-electron chi connectivity index (χ3n) is 2.41. The highest BCUT2D eigenvalue weighted by molar-refractivity contribution is 6.05. The summed E-state index contributed by atoms with van der Waals surface area (Å²) in [6.07, 6.45) is 5.10. The maximum absolute atomic E-state index is 11.8. The van der Waals surface area contributed by atoms with Gasteiger partial charge in [-0.15, -0.1) is 0 Å². The summed E-state index contributed by atoms with van der Waals surface area (Å²) >= 11 is 0. The van der Waals surface area contributed by atoms with Crippen molar-refractivity contribution in [1.29, 1.82) is 0 Å². The van der Waals surface area contributed by atoms with Crippen LogP contribution in [0.5, 0.6) is 0 Å². The molecule has 88 valence electrons. The van der Waals surface area contributed by atoms with Gasteiger partial charge in [0.05, 0.1) is 5.56 Å². The smallest absolute Gasteiger partial charge is 0.255 e. The molecule has 0 fully saturated rings. The van der Waals surface area contributed by atoms with E-state index in [2.05, 4.69) is 5.32 Å². The van der Waals surface area contributed by atoms with Crippen LogP contribution in [0.1, 0.15) is 10.4 Å². The number of nitrogens with one attached hydrogen (secondary N) is 1. The summed E-state index contributed by atoms with van der Waals surface area (Å²) in [5.41, 5.74) is 6.57. The fourth-order valence-corrected chi connectivity index (χ4v) is 1.58. The summed E-state index contributed by atoms with van der Waals surface area (Å²) in [5, 5.41) is 3.60. The molecule has 17 heavy (non-hydrogen) atoms. The van der Waals surface area contributed by atoms with E-state index in [4.69, 9.17) is 10.2 Å². The molecule has 1 aromatic heterocycles. The molecule has 0 radical (unpaired) electrons. The number of hydrogen-bond acceptors (Lipinski definition) is 3. The number of nitrogens with two attached hydrogens (primary N) is 1. The summed E-state index contributed by atoms with van der Waals surface area (Å²) in [6, 6.07) is 7.45. The van der Waals surface area contributed by atoms with Crippen molar-refractivity contribution in [3.63, 3.8) is 0 Å². The van der Waals surface area contributed by atoms with E-state index in [1.807, 2.05) is 30.3 Å². The Morgan fingerprint density at radius 1 is 1.35 bits per heavy atom. The molecule has 4 nitrogen and oxygen atoms in total. The van der Waals surface area contributed by atoms with Crippen molar-refractivity contribution in [3.05, 3.63) is 48.2 Å². The van der Waals surface area contributed by atoms with E-state index >= 15 is 0 Å². The molecule has 0 aliphatic heterocycles. The second-order valence-corrected chi connectivity index (χ2v) is 3.56. The van der Waals surface area contributed by atoms with Crippen LogP contribution in [-0.2, 0) is 0 Å². The minimum atomic E-state index is -0.142. The standard InChI is InChI=1S/C13H14N2O2/c14-7-3-4-8-15-13(16)11-9-17-12-6-2-1-5-10(11)12/h1-6,9H,7-8,14H2,(H,15,16)/b4-3+. The molecule has 0 unspecified atom stereocenters. The Labute approximate surface area is 99.1 Å². The van der Waals surface area contributed by atoms with Crippen molar-refractivity contribution in [3.8, 4) is 0 Å². The van der Waals surface area contributed by atoms with Crippen LogP contribution in [0.15, 0.2) is 47.1 Å². The molecule has 1 aromatic carbocycles. The lowest BCUT2D eigenvalue weighted by molar-refractivity contribution is 0.0959. The first-order valence-corrected chi connectivity index (χ1v) is 5.42. The Hall–Kier alpha value is -2.07. The maximum atomic E-state index is 11.8. The predicted octanol–water partition coefficient (Wildman–Crippen LogP) is 1.68. The fourth-order valence-electron chi connectivity index (χ4n) is 1.58. The summed E-state index contributed by atoms with van der Waals surface area (Å²) in [7, 11) is 0. The minimum absolute atomic E-state index is 0.142. The molecule has 4 heteroatoms. The molecule has 0 aliphatic carbocycles.